The molecule has 35 heavy (non-hydrogen) atoms. The number of hydrogen-bond acceptors (Lipinski definition) is 7. The SMILES string of the molecule is CCN1CC2(CCC(N3CCN(c4cc(F)cnc4-c4cnc(C#N)c(F)c4)CC3)C2)C1.O=CO. The number of nitrogens with zero attached hydrogens (tertiary/aromatic N) is 6. The molecule has 0 bridgehead atoms. The zero-order valence-electron chi connectivity index (χ0n) is 19.8. The van der Waals surface area contributed by atoms with Gasteiger partial charge in [-0.15, -0.1) is 0 Å². The summed E-state index contributed by atoms with van der Waals surface area (Å²) in [6.07, 6.45) is 6.44. The number of nitriles is 1. The van der Waals surface area contributed by atoms with Gasteiger partial charge in [0.1, 0.15) is 11.9 Å². The third kappa shape index (κ3) is 5.26. The first-order valence-corrected chi connectivity index (χ1v) is 11.9. The monoisotopic (exact) mass is 484 g/mol. The third-order valence-corrected chi connectivity index (χ3v) is 7.47. The third-order valence-electron chi connectivity index (χ3n) is 7.47. The molecule has 10 heteroatoms. The number of carbonyl (C=O) groups is 1. The molecule has 5 rings (SSSR count). The van der Waals surface area contributed by atoms with Crippen LogP contribution in [0.4, 0.5) is 14.5 Å². The normalized spacial score (nSPS) is 21.7. The summed E-state index contributed by atoms with van der Waals surface area (Å²) in [7, 11) is 0. The molecule has 3 fully saturated rings. The molecule has 2 aliphatic heterocycles. The van der Waals surface area contributed by atoms with Crippen molar-refractivity contribution in [2.45, 2.75) is 32.2 Å². The lowest BCUT2D eigenvalue weighted by atomic mass is 9.78. The van der Waals surface area contributed by atoms with Crippen molar-refractivity contribution in [1.82, 2.24) is 19.8 Å². The average molecular weight is 485 g/mol. The summed E-state index contributed by atoms with van der Waals surface area (Å²) >= 11 is 0. The van der Waals surface area contributed by atoms with Crippen molar-refractivity contribution in [3.05, 3.63) is 41.9 Å². The van der Waals surface area contributed by atoms with Gasteiger partial charge in [0.15, 0.2) is 11.5 Å². The van der Waals surface area contributed by atoms with E-state index in [1.54, 1.807) is 6.07 Å². The maximum Gasteiger partial charge on any atom is 0.290 e. The van der Waals surface area contributed by atoms with E-state index in [0.29, 0.717) is 28.4 Å². The maximum absolute atomic E-state index is 14.1. The molecule has 186 valence electrons. The molecule has 8 nitrogen and oxygen atoms in total. The van der Waals surface area contributed by atoms with Crippen molar-refractivity contribution >= 4 is 12.2 Å². The number of anilines is 1. The molecule has 1 saturated carbocycles. The second kappa shape index (κ2) is 10.6. The lowest BCUT2D eigenvalue weighted by Gasteiger charge is -2.49. The first kappa shape index (κ1) is 24.9. The van der Waals surface area contributed by atoms with Gasteiger partial charge < -0.3 is 14.9 Å². The molecule has 3 aliphatic rings. The van der Waals surface area contributed by atoms with Gasteiger partial charge in [0.25, 0.3) is 6.47 Å². The summed E-state index contributed by atoms with van der Waals surface area (Å²) in [6, 6.07) is 5.08. The number of carboxylic acid groups (broad SMARTS) is 1. The first-order chi connectivity index (χ1) is 16.9. The number of halogens is 2. The fourth-order valence-corrected chi connectivity index (χ4v) is 5.77. The van der Waals surface area contributed by atoms with Gasteiger partial charge in [-0.2, -0.15) is 5.26 Å². The Balaban J connectivity index is 0.000000917. The van der Waals surface area contributed by atoms with E-state index in [4.69, 9.17) is 15.2 Å². The molecular weight excluding hydrogens is 454 g/mol. The van der Waals surface area contributed by atoms with Gasteiger partial charge in [-0.3, -0.25) is 14.7 Å². The molecule has 1 unspecified atom stereocenters. The van der Waals surface area contributed by atoms with Crippen LogP contribution in [0.2, 0.25) is 0 Å². The molecule has 0 aromatic carbocycles. The van der Waals surface area contributed by atoms with Crippen LogP contribution < -0.4 is 4.90 Å². The van der Waals surface area contributed by atoms with E-state index in [1.807, 2.05) is 0 Å². The van der Waals surface area contributed by atoms with Gasteiger partial charge in [-0.05, 0) is 37.3 Å². The topological polar surface area (TPSA) is 96.6 Å². The molecule has 0 radical (unpaired) electrons. The van der Waals surface area contributed by atoms with Crippen molar-refractivity contribution in [2.75, 3.05) is 50.7 Å². The molecule has 1 atom stereocenters. The largest absolute Gasteiger partial charge is 0.483 e. The van der Waals surface area contributed by atoms with Gasteiger partial charge in [-0.25, -0.2) is 13.8 Å². The van der Waals surface area contributed by atoms with E-state index >= 15 is 0 Å². The highest BCUT2D eigenvalue weighted by molar-refractivity contribution is 5.75. The zero-order chi connectivity index (χ0) is 25.0. The van der Waals surface area contributed by atoms with Crippen LogP contribution in [-0.2, 0) is 4.79 Å². The minimum atomic E-state index is -0.695. The minimum Gasteiger partial charge on any atom is -0.483 e. The van der Waals surface area contributed by atoms with Crippen LogP contribution in [0.1, 0.15) is 31.9 Å². The van der Waals surface area contributed by atoms with Crippen molar-refractivity contribution in [2.24, 2.45) is 5.41 Å². The van der Waals surface area contributed by atoms with Crippen molar-refractivity contribution in [1.29, 1.82) is 5.26 Å². The van der Waals surface area contributed by atoms with E-state index < -0.39 is 11.6 Å². The molecule has 1 spiro atoms. The quantitative estimate of drug-likeness (QED) is 0.662. The molecule has 1 aliphatic carbocycles. The smallest absolute Gasteiger partial charge is 0.290 e. The number of aromatic nitrogens is 2. The summed E-state index contributed by atoms with van der Waals surface area (Å²) in [5, 5.41) is 15.8. The molecule has 2 aromatic rings. The molecular formula is C25H30F2N6O2. The summed E-state index contributed by atoms with van der Waals surface area (Å²) in [6.45, 7) is 9.01. The molecule has 4 heterocycles. The number of piperazine rings is 1. The highest BCUT2D eigenvalue weighted by Crippen LogP contribution is 2.47. The molecule has 2 saturated heterocycles. The van der Waals surface area contributed by atoms with Crippen LogP contribution in [-0.4, -0.2) is 83.2 Å². The Morgan fingerprint density at radius 1 is 1.20 bits per heavy atom. The first-order valence-electron chi connectivity index (χ1n) is 11.9. The second-order valence-corrected chi connectivity index (χ2v) is 9.52. The minimum absolute atomic E-state index is 0.250. The van der Waals surface area contributed by atoms with Gasteiger partial charge in [0, 0.05) is 63.1 Å². The summed E-state index contributed by atoms with van der Waals surface area (Å²) in [5.41, 5.74) is 1.86. The molecule has 2 aromatic heterocycles. The summed E-state index contributed by atoms with van der Waals surface area (Å²) in [5.74, 6) is -1.11. The summed E-state index contributed by atoms with van der Waals surface area (Å²) < 4.78 is 28.2. The van der Waals surface area contributed by atoms with Gasteiger partial charge in [-0.1, -0.05) is 6.92 Å². The Labute approximate surface area is 203 Å². The summed E-state index contributed by atoms with van der Waals surface area (Å²) in [4.78, 5) is 23.7. The van der Waals surface area contributed by atoms with Gasteiger partial charge in [0.05, 0.1) is 17.6 Å². The van der Waals surface area contributed by atoms with Crippen LogP contribution in [0.5, 0.6) is 0 Å². The van der Waals surface area contributed by atoms with Crippen LogP contribution >= 0.6 is 0 Å². The highest BCUT2D eigenvalue weighted by Gasteiger charge is 2.48. The second-order valence-electron chi connectivity index (χ2n) is 9.52. The van der Waals surface area contributed by atoms with E-state index in [-0.39, 0.29) is 12.2 Å². The lowest BCUT2D eigenvalue weighted by molar-refractivity contribution is -0.122. The van der Waals surface area contributed by atoms with Gasteiger partial charge >= 0.3 is 0 Å². The van der Waals surface area contributed by atoms with Crippen LogP contribution in [0.25, 0.3) is 11.3 Å². The van der Waals surface area contributed by atoms with Crippen molar-refractivity contribution in [3.8, 4) is 17.3 Å². The fraction of sp³-hybridized carbons (Fsp3) is 0.520. The van der Waals surface area contributed by atoms with Crippen LogP contribution in [0.15, 0.2) is 24.5 Å². The standard InChI is InChI=1S/C24H28F2N6.CH2O2/c1-2-30-15-24(16-30)4-3-19(11-24)31-5-7-32(8-6-31)22-10-18(25)14-29-23(22)17-9-20(26)21(12-27)28-13-17;2-1-3/h9-10,13-14,19H,2-8,11,15-16H2,1H3;1H,(H,2,3). The Morgan fingerprint density at radius 2 is 1.91 bits per heavy atom. The molecule has 0 amide bonds. The maximum atomic E-state index is 14.1. The van der Waals surface area contributed by atoms with Crippen LogP contribution in [0.3, 0.4) is 0 Å². The number of pyridine rings is 2. The average Bonchev–Trinajstić information content (AvgIpc) is 3.29. The Morgan fingerprint density at radius 3 is 2.54 bits per heavy atom. The van der Waals surface area contributed by atoms with Gasteiger partial charge in [0.2, 0.25) is 0 Å². The van der Waals surface area contributed by atoms with E-state index in [1.165, 1.54) is 50.7 Å². The Kier molecular flexibility index (Phi) is 7.57. The lowest BCUT2D eigenvalue weighted by Crippen LogP contribution is -2.56. The predicted molar refractivity (Wildman–Crippen MR) is 127 cm³/mol. The zero-order valence-corrected chi connectivity index (χ0v) is 19.8. The Hall–Kier alpha value is -3.16. The number of hydrogen-bond donors (Lipinski definition) is 1. The predicted octanol–water partition coefficient (Wildman–Crippen LogP) is 2.99. The number of rotatable bonds is 4. The van der Waals surface area contributed by atoms with E-state index in [0.717, 1.165) is 38.9 Å². The Bertz CT molecular complexity index is 1090. The number of likely N-dealkylation sites (tertiary alicyclic amines) is 1. The van der Waals surface area contributed by atoms with Crippen LogP contribution in [0, 0.1) is 28.4 Å². The van der Waals surface area contributed by atoms with Crippen molar-refractivity contribution in [3.63, 3.8) is 0 Å². The fourth-order valence-electron chi connectivity index (χ4n) is 5.77. The van der Waals surface area contributed by atoms with Crippen molar-refractivity contribution < 1.29 is 18.7 Å². The van der Waals surface area contributed by atoms with E-state index in [2.05, 4.69) is 31.6 Å². The van der Waals surface area contributed by atoms with E-state index in [9.17, 15) is 8.78 Å². The molecule has 1 N–H and O–H groups in total. The highest BCUT2D eigenvalue weighted by atomic mass is 19.1.